The SMILES string of the molecule is CCC1CCN(Cc2sc3ccccc3c2Cl)C(CN)C1. The highest BCUT2D eigenvalue weighted by Crippen LogP contribution is 2.37. The van der Waals surface area contributed by atoms with Gasteiger partial charge in [0.15, 0.2) is 0 Å². The van der Waals surface area contributed by atoms with Crippen LogP contribution in [0.4, 0.5) is 0 Å². The summed E-state index contributed by atoms with van der Waals surface area (Å²) in [4.78, 5) is 3.81. The van der Waals surface area contributed by atoms with E-state index in [1.165, 1.54) is 34.2 Å². The Morgan fingerprint density at radius 3 is 2.90 bits per heavy atom. The van der Waals surface area contributed by atoms with Crippen molar-refractivity contribution in [1.29, 1.82) is 0 Å². The third-order valence-corrected chi connectivity index (χ3v) is 6.44. The zero-order chi connectivity index (χ0) is 14.8. The molecule has 0 amide bonds. The minimum atomic E-state index is 0.505. The van der Waals surface area contributed by atoms with Gasteiger partial charge in [-0.05, 0) is 31.4 Å². The van der Waals surface area contributed by atoms with Gasteiger partial charge in [-0.15, -0.1) is 11.3 Å². The molecule has 1 aromatic heterocycles. The van der Waals surface area contributed by atoms with Gasteiger partial charge in [0, 0.05) is 34.1 Å². The molecule has 1 aromatic carbocycles. The molecule has 2 aromatic rings. The topological polar surface area (TPSA) is 29.3 Å². The molecule has 2 nitrogen and oxygen atoms in total. The van der Waals surface area contributed by atoms with Crippen LogP contribution in [0.2, 0.25) is 5.02 Å². The third-order valence-electron chi connectivity index (χ3n) is 4.74. The molecule has 1 aliphatic heterocycles. The molecule has 3 rings (SSSR count). The summed E-state index contributed by atoms with van der Waals surface area (Å²) in [6.07, 6.45) is 3.79. The molecular formula is C17H23ClN2S. The first-order chi connectivity index (χ1) is 10.2. The maximum atomic E-state index is 6.58. The number of nitrogens with two attached hydrogens (primary N) is 1. The Labute approximate surface area is 135 Å². The van der Waals surface area contributed by atoms with Crippen LogP contribution < -0.4 is 5.73 Å². The zero-order valence-corrected chi connectivity index (χ0v) is 14.1. The average molecular weight is 323 g/mol. The van der Waals surface area contributed by atoms with Gasteiger partial charge >= 0.3 is 0 Å². The fraction of sp³-hybridized carbons (Fsp3) is 0.529. The minimum Gasteiger partial charge on any atom is -0.329 e. The van der Waals surface area contributed by atoms with Crippen molar-refractivity contribution in [2.45, 2.75) is 38.8 Å². The molecule has 0 spiro atoms. The van der Waals surface area contributed by atoms with E-state index < -0.39 is 0 Å². The number of thiophene rings is 1. The second-order valence-corrected chi connectivity index (χ2v) is 7.51. The first-order valence-corrected chi connectivity index (χ1v) is 9.02. The quantitative estimate of drug-likeness (QED) is 0.897. The molecule has 0 bridgehead atoms. The summed E-state index contributed by atoms with van der Waals surface area (Å²) in [5, 5.41) is 2.12. The lowest BCUT2D eigenvalue weighted by Gasteiger charge is -2.38. The number of likely N-dealkylation sites (tertiary alicyclic amines) is 1. The smallest absolute Gasteiger partial charge is 0.0637 e. The first-order valence-electron chi connectivity index (χ1n) is 7.83. The van der Waals surface area contributed by atoms with E-state index >= 15 is 0 Å². The lowest BCUT2D eigenvalue weighted by molar-refractivity contribution is 0.108. The highest BCUT2D eigenvalue weighted by atomic mass is 35.5. The Kier molecular flexibility index (Phi) is 4.85. The van der Waals surface area contributed by atoms with Crippen molar-refractivity contribution < 1.29 is 0 Å². The summed E-state index contributed by atoms with van der Waals surface area (Å²) in [5.41, 5.74) is 6.01. The van der Waals surface area contributed by atoms with Crippen molar-refractivity contribution in [2.75, 3.05) is 13.1 Å². The average Bonchev–Trinajstić information content (AvgIpc) is 2.84. The second kappa shape index (κ2) is 6.66. The second-order valence-electron chi connectivity index (χ2n) is 5.99. The predicted molar refractivity (Wildman–Crippen MR) is 93.1 cm³/mol. The summed E-state index contributed by atoms with van der Waals surface area (Å²) in [7, 11) is 0. The molecule has 2 atom stereocenters. The normalized spacial score (nSPS) is 23.8. The van der Waals surface area contributed by atoms with Gasteiger partial charge in [-0.2, -0.15) is 0 Å². The molecule has 21 heavy (non-hydrogen) atoms. The van der Waals surface area contributed by atoms with Crippen molar-refractivity contribution in [2.24, 2.45) is 11.7 Å². The van der Waals surface area contributed by atoms with E-state index in [-0.39, 0.29) is 0 Å². The fourth-order valence-corrected chi connectivity index (χ4v) is 4.88. The van der Waals surface area contributed by atoms with Crippen LogP contribution >= 0.6 is 22.9 Å². The van der Waals surface area contributed by atoms with E-state index in [4.69, 9.17) is 17.3 Å². The first kappa shape index (κ1) is 15.3. The Morgan fingerprint density at radius 2 is 2.19 bits per heavy atom. The molecule has 0 radical (unpaired) electrons. The number of nitrogens with zero attached hydrogens (tertiary/aromatic N) is 1. The Balaban J connectivity index is 1.79. The highest BCUT2D eigenvalue weighted by Gasteiger charge is 2.27. The Morgan fingerprint density at radius 1 is 1.38 bits per heavy atom. The minimum absolute atomic E-state index is 0.505. The number of piperidine rings is 1. The summed E-state index contributed by atoms with van der Waals surface area (Å²) in [6.45, 7) is 5.12. The monoisotopic (exact) mass is 322 g/mol. The van der Waals surface area contributed by atoms with Crippen LogP contribution in [0.5, 0.6) is 0 Å². The van der Waals surface area contributed by atoms with Crippen molar-refractivity contribution in [3.05, 3.63) is 34.2 Å². The zero-order valence-electron chi connectivity index (χ0n) is 12.5. The van der Waals surface area contributed by atoms with Crippen molar-refractivity contribution >= 4 is 33.0 Å². The van der Waals surface area contributed by atoms with Crippen LogP contribution in [0.1, 0.15) is 31.1 Å². The standard InChI is InChI=1S/C17H23ClN2S/c1-2-12-7-8-20(13(9-12)10-19)11-16-17(18)14-5-3-4-6-15(14)21-16/h3-6,12-13H,2,7-11,19H2,1H3. The van der Waals surface area contributed by atoms with E-state index in [0.717, 1.165) is 30.6 Å². The summed E-state index contributed by atoms with van der Waals surface area (Å²) in [5.74, 6) is 0.840. The molecule has 2 N–H and O–H groups in total. The van der Waals surface area contributed by atoms with Crippen LogP contribution in [-0.4, -0.2) is 24.0 Å². The number of fused-ring (bicyclic) bond motifs is 1. The molecule has 1 saturated heterocycles. The van der Waals surface area contributed by atoms with Gasteiger partial charge in [0.05, 0.1) is 5.02 Å². The van der Waals surface area contributed by atoms with Gasteiger partial charge in [0.2, 0.25) is 0 Å². The van der Waals surface area contributed by atoms with Crippen LogP contribution in [0, 0.1) is 5.92 Å². The van der Waals surface area contributed by atoms with E-state index in [0.29, 0.717) is 6.04 Å². The Bertz CT molecular complexity index is 610. The fourth-order valence-electron chi connectivity index (χ4n) is 3.36. The molecule has 2 unspecified atom stereocenters. The van der Waals surface area contributed by atoms with E-state index in [9.17, 15) is 0 Å². The molecule has 0 aliphatic carbocycles. The summed E-state index contributed by atoms with van der Waals surface area (Å²) in [6, 6.07) is 8.90. The van der Waals surface area contributed by atoms with E-state index in [1.54, 1.807) is 0 Å². The van der Waals surface area contributed by atoms with Gasteiger partial charge < -0.3 is 5.73 Å². The van der Waals surface area contributed by atoms with Gasteiger partial charge in [-0.3, -0.25) is 4.90 Å². The molecule has 2 heterocycles. The van der Waals surface area contributed by atoms with Gasteiger partial charge in [0.25, 0.3) is 0 Å². The van der Waals surface area contributed by atoms with Gasteiger partial charge in [0.1, 0.15) is 0 Å². The third kappa shape index (κ3) is 3.11. The predicted octanol–water partition coefficient (Wildman–Crippen LogP) is 4.50. The number of hydrogen-bond acceptors (Lipinski definition) is 3. The number of halogens is 1. The van der Waals surface area contributed by atoms with Crippen molar-refractivity contribution in [3.63, 3.8) is 0 Å². The summed E-state index contributed by atoms with van der Waals surface area (Å²) >= 11 is 8.40. The Hall–Kier alpha value is -0.610. The highest BCUT2D eigenvalue weighted by molar-refractivity contribution is 7.19. The molecule has 0 saturated carbocycles. The molecular weight excluding hydrogens is 300 g/mol. The molecule has 1 fully saturated rings. The maximum absolute atomic E-state index is 6.58. The molecule has 1 aliphatic rings. The number of benzene rings is 1. The van der Waals surface area contributed by atoms with Gasteiger partial charge in [-0.25, -0.2) is 0 Å². The van der Waals surface area contributed by atoms with Crippen LogP contribution in [0.3, 0.4) is 0 Å². The number of rotatable bonds is 4. The molecule has 4 heteroatoms. The number of hydrogen-bond donors (Lipinski definition) is 1. The van der Waals surface area contributed by atoms with Crippen LogP contribution in [-0.2, 0) is 6.54 Å². The van der Waals surface area contributed by atoms with E-state index in [2.05, 4.69) is 36.1 Å². The van der Waals surface area contributed by atoms with Crippen molar-refractivity contribution in [1.82, 2.24) is 4.90 Å². The van der Waals surface area contributed by atoms with Crippen molar-refractivity contribution in [3.8, 4) is 0 Å². The van der Waals surface area contributed by atoms with Crippen LogP contribution in [0.25, 0.3) is 10.1 Å². The van der Waals surface area contributed by atoms with E-state index in [1.807, 2.05) is 11.3 Å². The van der Waals surface area contributed by atoms with Gasteiger partial charge in [-0.1, -0.05) is 43.1 Å². The maximum Gasteiger partial charge on any atom is 0.0637 e. The summed E-state index contributed by atoms with van der Waals surface area (Å²) < 4.78 is 1.28. The largest absolute Gasteiger partial charge is 0.329 e. The lowest BCUT2D eigenvalue weighted by Crippen LogP contribution is -2.45. The molecule has 114 valence electrons. The van der Waals surface area contributed by atoms with Crippen LogP contribution in [0.15, 0.2) is 24.3 Å². The lowest BCUT2D eigenvalue weighted by atomic mass is 9.89.